The quantitative estimate of drug-likeness (QED) is 0.899. The Labute approximate surface area is 117 Å². The van der Waals surface area contributed by atoms with E-state index in [4.69, 9.17) is 16.3 Å². The second kappa shape index (κ2) is 6.55. The van der Waals surface area contributed by atoms with Gasteiger partial charge in [0.15, 0.2) is 0 Å². The first-order valence-electron chi connectivity index (χ1n) is 6.25. The molecule has 0 atom stereocenters. The lowest BCUT2D eigenvalue weighted by Gasteiger charge is -2.09. The van der Waals surface area contributed by atoms with Gasteiger partial charge in [-0.1, -0.05) is 31.0 Å². The normalized spacial score (nSPS) is 10.5. The molecule has 0 aliphatic rings. The molecule has 0 spiro atoms. The topological polar surface area (TPSA) is 42.4 Å². The molecule has 100 valence electrons. The molecule has 0 bridgehead atoms. The summed E-state index contributed by atoms with van der Waals surface area (Å²) in [6.45, 7) is 2.07. The molecule has 0 aliphatic carbocycles. The zero-order valence-corrected chi connectivity index (χ0v) is 11.5. The van der Waals surface area contributed by atoms with Crippen molar-refractivity contribution >= 4 is 11.6 Å². The predicted molar refractivity (Wildman–Crippen MR) is 75.7 cm³/mol. The van der Waals surface area contributed by atoms with Crippen molar-refractivity contribution in [3.63, 3.8) is 0 Å². The van der Waals surface area contributed by atoms with Crippen LogP contribution in [0.2, 0.25) is 5.02 Å². The molecule has 0 saturated heterocycles. The Bertz CT molecular complexity index is 558. The standard InChI is InChI=1S/C15H16ClNO2/c1-2-4-13-7-11(10-18)8-15(17-13)19-14-6-3-5-12(16)9-14/h3,5-9,18H,2,4,10H2,1H3. The molecule has 2 rings (SSSR count). The summed E-state index contributed by atoms with van der Waals surface area (Å²) in [7, 11) is 0. The average molecular weight is 278 g/mol. The van der Waals surface area contributed by atoms with Gasteiger partial charge >= 0.3 is 0 Å². The predicted octanol–water partition coefficient (Wildman–Crippen LogP) is 3.97. The minimum Gasteiger partial charge on any atom is -0.439 e. The highest BCUT2D eigenvalue weighted by molar-refractivity contribution is 6.30. The number of aromatic nitrogens is 1. The van der Waals surface area contributed by atoms with Gasteiger partial charge in [-0.3, -0.25) is 0 Å². The third-order valence-corrected chi connectivity index (χ3v) is 2.86. The summed E-state index contributed by atoms with van der Waals surface area (Å²) in [5, 5.41) is 9.88. The Morgan fingerprint density at radius 2 is 2.11 bits per heavy atom. The van der Waals surface area contributed by atoms with Crippen LogP contribution < -0.4 is 4.74 Å². The smallest absolute Gasteiger partial charge is 0.219 e. The molecule has 3 nitrogen and oxygen atoms in total. The van der Waals surface area contributed by atoms with Crippen molar-refractivity contribution in [3.8, 4) is 11.6 Å². The van der Waals surface area contributed by atoms with Crippen LogP contribution in [0.1, 0.15) is 24.6 Å². The van der Waals surface area contributed by atoms with E-state index in [1.54, 1.807) is 18.2 Å². The monoisotopic (exact) mass is 277 g/mol. The van der Waals surface area contributed by atoms with Crippen molar-refractivity contribution in [1.82, 2.24) is 4.98 Å². The van der Waals surface area contributed by atoms with Crippen molar-refractivity contribution in [3.05, 3.63) is 52.7 Å². The van der Waals surface area contributed by atoms with Crippen LogP contribution in [-0.2, 0) is 13.0 Å². The second-order valence-corrected chi connectivity index (χ2v) is 4.71. The van der Waals surface area contributed by atoms with Crippen LogP contribution in [0.3, 0.4) is 0 Å². The van der Waals surface area contributed by atoms with Crippen LogP contribution in [0, 0.1) is 0 Å². The van der Waals surface area contributed by atoms with Gasteiger partial charge in [-0.25, -0.2) is 4.98 Å². The summed E-state index contributed by atoms with van der Waals surface area (Å²) in [5.41, 5.74) is 1.72. The maximum atomic E-state index is 9.26. The largest absolute Gasteiger partial charge is 0.439 e. The molecule has 4 heteroatoms. The molecule has 0 amide bonds. The Hall–Kier alpha value is -1.58. The molecule has 0 saturated carbocycles. The van der Waals surface area contributed by atoms with Gasteiger partial charge in [-0.15, -0.1) is 0 Å². The number of aryl methyl sites for hydroxylation is 1. The zero-order chi connectivity index (χ0) is 13.7. The third-order valence-electron chi connectivity index (χ3n) is 2.62. The van der Waals surface area contributed by atoms with Crippen molar-refractivity contribution < 1.29 is 9.84 Å². The number of pyridine rings is 1. The van der Waals surface area contributed by atoms with Gasteiger partial charge in [0.1, 0.15) is 5.75 Å². The average Bonchev–Trinajstić information content (AvgIpc) is 2.39. The van der Waals surface area contributed by atoms with Crippen LogP contribution in [0.25, 0.3) is 0 Å². The summed E-state index contributed by atoms with van der Waals surface area (Å²) in [4.78, 5) is 4.42. The number of aliphatic hydroxyl groups is 1. The number of halogens is 1. The lowest BCUT2D eigenvalue weighted by Crippen LogP contribution is -1.97. The molecule has 0 unspecified atom stereocenters. The SMILES string of the molecule is CCCc1cc(CO)cc(Oc2cccc(Cl)c2)n1. The molecule has 1 aromatic carbocycles. The molecule has 0 aliphatic heterocycles. The van der Waals surface area contributed by atoms with Gasteiger partial charge < -0.3 is 9.84 Å². The highest BCUT2D eigenvalue weighted by Gasteiger charge is 2.05. The van der Waals surface area contributed by atoms with Gasteiger partial charge in [-0.2, -0.15) is 0 Å². The molecule has 2 aromatic rings. The van der Waals surface area contributed by atoms with Crippen molar-refractivity contribution in [2.45, 2.75) is 26.4 Å². The molecule has 0 radical (unpaired) electrons. The second-order valence-electron chi connectivity index (χ2n) is 4.27. The van der Waals surface area contributed by atoms with Crippen molar-refractivity contribution in [2.75, 3.05) is 0 Å². The highest BCUT2D eigenvalue weighted by atomic mass is 35.5. The Balaban J connectivity index is 2.26. The van der Waals surface area contributed by atoms with Crippen LogP contribution >= 0.6 is 11.6 Å². The highest BCUT2D eigenvalue weighted by Crippen LogP contribution is 2.24. The van der Waals surface area contributed by atoms with E-state index in [1.165, 1.54) is 0 Å². The van der Waals surface area contributed by atoms with Gasteiger partial charge in [0, 0.05) is 16.8 Å². The zero-order valence-electron chi connectivity index (χ0n) is 10.8. The van der Waals surface area contributed by atoms with E-state index in [0.29, 0.717) is 16.7 Å². The summed E-state index contributed by atoms with van der Waals surface area (Å²) in [6.07, 6.45) is 1.86. The van der Waals surface area contributed by atoms with E-state index in [0.717, 1.165) is 24.1 Å². The van der Waals surface area contributed by atoms with E-state index in [9.17, 15) is 5.11 Å². The van der Waals surface area contributed by atoms with E-state index in [-0.39, 0.29) is 6.61 Å². The first kappa shape index (κ1) is 13.8. The van der Waals surface area contributed by atoms with E-state index in [2.05, 4.69) is 11.9 Å². The van der Waals surface area contributed by atoms with Crippen molar-refractivity contribution in [2.24, 2.45) is 0 Å². The lowest BCUT2D eigenvalue weighted by atomic mass is 10.2. The fourth-order valence-corrected chi connectivity index (χ4v) is 1.98. The maximum absolute atomic E-state index is 9.26. The molecule has 0 fully saturated rings. The first-order chi connectivity index (χ1) is 9.21. The van der Waals surface area contributed by atoms with Gasteiger partial charge in [0.2, 0.25) is 5.88 Å². The van der Waals surface area contributed by atoms with Crippen LogP contribution in [0.4, 0.5) is 0 Å². The fraction of sp³-hybridized carbons (Fsp3) is 0.267. The number of aliphatic hydroxyl groups excluding tert-OH is 1. The number of hydrogen-bond donors (Lipinski definition) is 1. The van der Waals surface area contributed by atoms with Crippen LogP contribution in [0.15, 0.2) is 36.4 Å². The maximum Gasteiger partial charge on any atom is 0.219 e. The fourth-order valence-electron chi connectivity index (χ4n) is 1.80. The number of ether oxygens (including phenoxy) is 1. The third kappa shape index (κ3) is 3.94. The van der Waals surface area contributed by atoms with Gasteiger partial charge in [0.05, 0.1) is 6.61 Å². The molecule has 1 heterocycles. The van der Waals surface area contributed by atoms with E-state index < -0.39 is 0 Å². The van der Waals surface area contributed by atoms with Gasteiger partial charge in [-0.05, 0) is 36.2 Å². The number of benzene rings is 1. The van der Waals surface area contributed by atoms with Crippen molar-refractivity contribution in [1.29, 1.82) is 0 Å². The van der Waals surface area contributed by atoms with E-state index in [1.807, 2.05) is 18.2 Å². The Kier molecular flexibility index (Phi) is 4.77. The molecular weight excluding hydrogens is 262 g/mol. The van der Waals surface area contributed by atoms with E-state index >= 15 is 0 Å². The minimum atomic E-state index is -0.0227. The number of nitrogens with zero attached hydrogens (tertiary/aromatic N) is 1. The number of hydrogen-bond acceptors (Lipinski definition) is 3. The molecule has 1 N–H and O–H groups in total. The summed E-state index contributed by atoms with van der Waals surface area (Å²) >= 11 is 5.91. The summed E-state index contributed by atoms with van der Waals surface area (Å²) < 4.78 is 5.68. The van der Waals surface area contributed by atoms with Gasteiger partial charge in [0.25, 0.3) is 0 Å². The summed E-state index contributed by atoms with van der Waals surface area (Å²) in [6, 6.07) is 10.8. The molecule has 19 heavy (non-hydrogen) atoms. The molecule has 1 aromatic heterocycles. The van der Waals surface area contributed by atoms with Crippen LogP contribution in [0.5, 0.6) is 11.6 Å². The Morgan fingerprint density at radius 1 is 1.26 bits per heavy atom. The Morgan fingerprint density at radius 3 is 2.79 bits per heavy atom. The molecular formula is C15H16ClNO2. The lowest BCUT2D eigenvalue weighted by molar-refractivity contribution is 0.280. The minimum absolute atomic E-state index is 0.0227. The first-order valence-corrected chi connectivity index (χ1v) is 6.63. The number of rotatable bonds is 5. The summed E-state index contributed by atoms with van der Waals surface area (Å²) in [5.74, 6) is 1.12. The van der Waals surface area contributed by atoms with Crippen LogP contribution in [-0.4, -0.2) is 10.1 Å².